The Morgan fingerprint density at radius 1 is 1.15 bits per heavy atom. The summed E-state index contributed by atoms with van der Waals surface area (Å²) in [5.74, 6) is 0. The molecule has 0 aliphatic rings. The fourth-order valence-electron chi connectivity index (χ4n) is 1.79. The van der Waals surface area contributed by atoms with Gasteiger partial charge in [0.2, 0.25) is 15.0 Å². The van der Waals surface area contributed by atoms with Gasteiger partial charge in [-0.25, -0.2) is 27.9 Å². The number of aromatic nitrogens is 5. The zero-order chi connectivity index (χ0) is 14.3. The van der Waals surface area contributed by atoms with Gasteiger partial charge in [0.05, 0.1) is 17.6 Å². The highest BCUT2D eigenvalue weighted by Gasteiger charge is 2.13. The molecule has 3 aromatic rings. The molecule has 0 saturated heterocycles. The Hall–Kier alpha value is -2.35. The second-order valence-corrected chi connectivity index (χ2v) is 6.31. The SMILES string of the molecule is Cc1cnn2ccc(-c3ccnc(S(C)(=O)=O)n3)nc12. The normalized spacial score (nSPS) is 11.9. The van der Waals surface area contributed by atoms with E-state index in [0.717, 1.165) is 11.8 Å². The third-order valence-electron chi connectivity index (χ3n) is 2.77. The molecule has 0 spiro atoms. The van der Waals surface area contributed by atoms with Crippen LogP contribution in [0, 0.1) is 6.92 Å². The lowest BCUT2D eigenvalue weighted by molar-refractivity contribution is 0.593. The van der Waals surface area contributed by atoms with Gasteiger partial charge in [0.1, 0.15) is 0 Å². The summed E-state index contributed by atoms with van der Waals surface area (Å²) in [4.78, 5) is 12.2. The summed E-state index contributed by atoms with van der Waals surface area (Å²) in [6.07, 6.45) is 5.96. The third kappa shape index (κ3) is 2.14. The standard InChI is InChI=1S/C12H11N5O2S/c1-8-7-14-17-6-4-10(15-11(8)17)9-3-5-13-12(16-9)20(2,18)19/h3-7H,1-2H3. The van der Waals surface area contributed by atoms with Crippen molar-refractivity contribution in [2.45, 2.75) is 12.1 Å². The van der Waals surface area contributed by atoms with E-state index in [2.05, 4.69) is 20.1 Å². The van der Waals surface area contributed by atoms with Gasteiger partial charge in [-0.15, -0.1) is 0 Å². The lowest BCUT2D eigenvalue weighted by atomic mass is 10.3. The first-order valence-electron chi connectivity index (χ1n) is 5.79. The molecule has 0 atom stereocenters. The molecule has 7 nitrogen and oxygen atoms in total. The number of fused-ring (bicyclic) bond motifs is 1. The van der Waals surface area contributed by atoms with E-state index >= 15 is 0 Å². The molecule has 0 saturated carbocycles. The Labute approximate surface area is 115 Å². The number of aryl methyl sites for hydroxylation is 1. The van der Waals surface area contributed by atoms with Crippen molar-refractivity contribution in [3.8, 4) is 11.4 Å². The second-order valence-electron chi connectivity index (χ2n) is 4.41. The Balaban J connectivity index is 2.18. The number of nitrogens with zero attached hydrogens (tertiary/aromatic N) is 5. The first kappa shape index (κ1) is 12.7. The molecule has 20 heavy (non-hydrogen) atoms. The van der Waals surface area contributed by atoms with Crippen LogP contribution in [-0.4, -0.2) is 39.2 Å². The predicted molar refractivity (Wildman–Crippen MR) is 71.9 cm³/mol. The molecule has 3 heterocycles. The van der Waals surface area contributed by atoms with E-state index in [9.17, 15) is 8.42 Å². The van der Waals surface area contributed by atoms with E-state index in [4.69, 9.17) is 0 Å². The Kier molecular flexibility index (Phi) is 2.75. The van der Waals surface area contributed by atoms with Crippen molar-refractivity contribution in [3.63, 3.8) is 0 Å². The van der Waals surface area contributed by atoms with Crippen LogP contribution in [0.25, 0.3) is 17.0 Å². The minimum atomic E-state index is -3.44. The Morgan fingerprint density at radius 3 is 2.65 bits per heavy atom. The molecular weight excluding hydrogens is 278 g/mol. The summed E-state index contributed by atoms with van der Waals surface area (Å²) in [6, 6.07) is 3.35. The Morgan fingerprint density at radius 2 is 1.90 bits per heavy atom. The molecule has 0 aliphatic carbocycles. The van der Waals surface area contributed by atoms with Gasteiger partial charge in [0, 0.05) is 24.2 Å². The van der Waals surface area contributed by atoms with Crippen LogP contribution in [0.4, 0.5) is 0 Å². The predicted octanol–water partition coefficient (Wildman–Crippen LogP) is 0.898. The van der Waals surface area contributed by atoms with E-state index in [1.165, 1.54) is 6.20 Å². The van der Waals surface area contributed by atoms with Crippen LogP contribution >= 0.6 is 0 Å². The lowest BCUT2D eigenvalue weighted by Gasteiger charge is -2.03. The van der Waals surface area contributed by atoms with Gasteiger partial charge in [-0.1, -0.05) is 0 Å². The summed E-state index contributed by atoms with van der Waals surface area (Å²) in [5, 5.41) is 3.93. The highest BCUT2D eigenvalue weighted by molar-refractivity contribution is 7.90. The van der Waals surface area contributed by atoms with Gasteiger partial charge in [0.15, 0.2) is 5.65 Å². The van der Waals surface area contributed by atoms with Crippen LogP contribution in [0.1, 0.15) is 5.56 Å². The molecule has 3 aromatic heterocycles. The number of sulfone groups is 1. The zero-order valence-corrected chi connectivity index (χ0v) is 11.7. The monoisotopic (exact) mass is 289 g/mol. The number of hydrogen-bond acceptors (Lipinski definition) is 6. The van der Waals surface area contributed by atoms with Gasteiger partial charge in [-0.05, 0) is 19.1 Å². The first-order valence-corrected chi connectivity index (χ1v) is 7.69. The highest BCUT2D eigenvalue weighted by atomic mass is 32.2. The maximum Gasteiger partial charge on any atom is 0.247 e. The van der Waals surface area contributed by atoms with E-state index in [1.54, 1.807) is 29.0 Å². The van der Waals surface area contributed by atoms with Crippen LogP contribution in [0.3, 0.4) is 0 Å². The molecular formula is C12H11N5O2S. The van der Waals surface area contributed by atoms with Crippen molar-refractivity contribution >= 4 is 15.5 Å². The van der Waals surface area contributed by atoms with Crippen molar-refractivity contribution in [1.82, 2.24) is 24.6 Å². The van der Waals surface area contributed by atoms with Crippen LogP contribution in [0.2, 0.25) is 0 Å². The molecule has 8 heteroatoms. The summed E-state index contributed by atoms with van der Waals surface area (Å²) in [5.41, 5.74) is 2.68. The molecule has 0 aliphatic heterocycles. The Bertz CT molecular complexity index is 901. The molecule has 102 valence electrons. The van der Waals surface area contributed by atoms with Crippen LogP contribution < -0.4 is 0 Å². The minimum Gasteiger partial charge on any atom is -0.227 e. The smallest absolute Gasteiger partial charge is 0.227 e. The summed E-state index contributed by atoms with van der Waals surface area (Å²) in [6.45, 7) is 1.90. The summed E-state index contributed by atoms with van der Waals surface area (Å²) >= 11 is 0. The largest absolute Gasteiger partial charge is 0.247 e. The molecule has 3 rings (SSSR count). The second kappa shape index (κ2) is 4.34. The summed E-state index contributed by atoms with van der Waals surface area (Å²) < 4.78 is 24.6. The fourth-order valence-corrected chi connectivity index (χ4v) is 2.30. The van der Waals surface area contributed by atoms with Gasteiger partial charge >= 0.3 is 0 Å². The van der Waals surface area contributed by atoms with Crippen molar-refractivity contribution in [3.05, 3.63) is 36.3 Å². The van der Waals surface area contributed by atoms with Gasteiger partial charge in [-0.2, -0.15) is 5.10 Å². The van der Waals surface area contributed by atoms with E-state index in [-0.39, 0.29) is 5.16 Å². The van der Waals surface area contributed by atoms with Crippen molar-refractivity contribution < 1.29 is 8.42 Å². The van der Waals surface area contributed by atoms with Gasteiger partial charge < -0.3 is 0 Å². The van der Waals surface area contributed by atoms with Crippen LogP contribution in [-0.2, 0) is 9.84 Å². The van der Waals surface area contributed by atoms with Gasteiger partial charge in [-0.3, -0.25) is 0 Å². The zero-order valence-electron chi connectivity index (χ0n) is 10.8. The molecule has 0 unspecified atom stereocenters. The van der Waals surface area contributed by atoms with E-state index < -0.39 is 9.84 Å². The molecule has 0 amide bonds. The maximum absolute atomic E-state index is 11.5. The van der Waals surface area contributed by atoms with E-state index in [1.807, 2.05) is 6.92 Å². The molecule has 0 radical (unpaired) electrons. The first-order chi connectivity index (χ1) is 9.45. The topological polar surface area (TPSA) is 90.1 Å². The number of hydrogen-bond donors (Lipinski definition) is 0. The molecule has 0 fully saturated rings. The maximum atomic E-state index is 11.5. The number of rotatable bonds is 2. The summed E-state index contributed by atoms with van der Waals surface area (Å²) in [7, 11) is -3.44. The average molecular weight is 289 g/mol. The minimum absolute atomic E-state index is 0.207. The fraction of sp³-hybridized carbons (Fsp3) is 0.167. The van der Waals surface area contributed by atoms with E-state index in [0.29, 0.717) is 17.0 Å². The van der Waals surface area contributed by atoms with Crippen LogP contribution in [0.5, 0.6) is 0 Å². The third-order valence-corrected chi connectivity index (χ3v) is 3.63. The quantitative estimate of drug-likeness (QED) is 0.651. The molecule has 0 bridgehead atoms. The highest BCUT2D eigenvalue weighted by Crippen LogP contribution is 2.17. The molecule has 0 aromatic carbocycles. The van der Waals surface area contributed by atoms with Crippen molar-refractivity contribution in [1.29, 1.82) is 0 Å². The molecule has 0 N–H and O–H groups in total. The average Bonchev–Trinajstić information content (AvgIpc) is 2.79. The lowest BCUT2D eigenvalue weighted by Crippen LogP contribution is -2.04. The van der Waals surface area contributed by atoms with Gasteiger partial charge in [0.25, 0.3) is 0 Å². The van der Waals surface area contributed by atoms with Crippen molar-refractivity contribution in [2.24, 2.45) is 0 Å². The van der Waals surface area contributed by atoms with Crippen LogP contribution in [0.15, 0.2) is 35.9 Å². The van der Waals surface area contributed by atoms with Crippen molar-refractivity contribution in [2.75, 3.05) is 6.26 Å².